The van der Waals surface area contributed by atoms with Crippen molar-refractivity contribution in [1.82, 2.24) is 4.90 Å². The van der Waals surface area contributed by atoms with Crippen molar-refractivity contribution in [2.45, 2.75) is 20.3 Å². The summed E-state index contributed by atoms with van der Waals surface area (Å²) in [7, 11) is 3.17. The number of ether oxygens (including phenoxy) is 4. The molecule has 0 aliphatic carbocycles. The molecule has 3 aromatic carbocycles. The standard InChI is InChI=1S/C32H29NO7S2/c1-5-38-27-17-21(11-13-25(27)40-31(35)29-19(2)22-8-6-7-9-23(22)39-29)18-28-30(34)33(32(41)42-28)15-14-20-10-12-24(36-3)26(16-20)37-4/h6-13,16-18H,5,14-15H2,1-4H3/b28-18+. The number of carbonyl (C=O) groups is 2. The monoisotopic (exact) mass is 603 g/mol. The Labute approximate surface area is 253 Å². The molecule has 10 heteroatoms. The normalized spacial score (nSPS) is 14.1. The van der Waals surface area contributed by atoms with E-state index in [-0.39, 0.29) is 17.4 Å². The Bertz CT molecular complexity index is 1710. The van der Waals surface area contributed by atoms with Crippen LogP contribution in [0.4, 0.5) is 0 Å². The molecule has 1 aromatic heterocycles. The van der Waals surface area contributed by atoms with Gasteiger partial charge in [-0.15, -0.1) is 0 Å². The second kappa shape index (κ2) is 12.7. The minimum atomic E-state index is -0.618. The van der Waals surface area contributed by atoms with Crippen LogP contribution in [0.1, 0.15) is 34.2 Å². The predicted molar refractivity (Wildman–Crippen MR) is 167 cm³/mol. The number of amides is 1. The first kappa shape index (κ1) is 29.2. The lowest BCUT2D eigenvalue weighted by molar-refractivity contribution is -0.122. The van der Waals surface area contributed by atoms with Gasteiger partial charge in [-0.1, -0.05) is 54.3 Å². The van der Waals surface area contributed by atoms with Crippen LogP contribution in [0.15, 0.2) is 70.0 Å². The maximum absolute atomic E-state index is 13.2. The van der Waals surface area contributed by atoms with E-state index in [1.54, 1.807) is 49.5 Å². The molecular weight excluding hydrogens is 574 g/mol. The van der Waals surface area contributed by atoms with Crippen molar-refractivity contribution in [3.05, 3.63) is 88.0 Å². The molecule has 216 valence electrons. The van der Waals surface area contributed by atoms with Crippen LogP contribution in [0.3, 0.4) is 0 Å². The average Bonchev–Trinajstić information content (AvgIpc) is 3.47. The highest BCUT2D eigenvalue weighted by molar-refractivity contribution is 8.26. The summed E-state index contributed by atoms with van der Waals surface area (Å²) < 4.78 is 28.4. The molecule has 5 rings (SSSR count). The number of thioether (sulfide) groups is 1. The van der Waals surface area contributed by atoms with E-state index >= 15 is 0 Å². The van der Waals surface area contributed by atoms with Crippen molar-refractivity contribution < 1.29 is 33.0 Å². The largest absolute Gasteiger partial charge is 0.493 e. The molecule has 1 amide bonds. The molecule has 2 heterocycles. The molecule has 8 nitrogen and oxygen atoms in total. The number of methoxy groups -OCH3 is 2. The SMILES string of the molecule is CCOc1cc(/C=C2/SC(=S)N(CCc3ccc(OC)c(OC)c3)C2=O)ccc1OC(=O)c1oc2ccccc2c1C. The molecule has 4 aromatic rings. The Balaban J connectivity index is 1.31. The molecular formula is C32H29NO7S2. The number of hydrogen-bond donors (Lipinski definition) is 0. The molecule has 1 fully saturated rings. The Hall–Kier alpha value is -4.28. The van der Waals surface area contributed by atoms with Gasteiger partial charge in [0.25, 0.3) is 5.91 Å². The van der Waals surface area contributed by atoms with E-state index in [0.29, 0.717) is 62.8 Å². The first-order valence-electron chi connectivity index (χ1n) is 13.3. The van der Waals surface area contributed by atoms with Gasteiger partial charge in [0.1, 0.15) is 9.90 Å². The molecule has 0 radical (unpaired) electrons. The molecule has 0 unspecified atom stereocenters. The van der Waals surface area contributed by atoms with Gasteiger partial charge in [0, 0.05) is 17.5 Å². The number of nitrogens with zero attached hydrogens (tertiary/aromatic N) is 1. The fourth-order valence-electron chi connectivity index (χ4n) is 4.60. The number of para-hydroxylation sites is 1. The predicted octanol–water partition coefficient (Wildman–Crippen LogP) is 6.82. The maximum atomic E-state index is 13.2. The van der Waals surface area contributed by atoms with Gasteiger partial charge in [0.05, 0.1) is 25.7 Å². The number of esters is 1. The highest BCUT2D eigenvalue weighted by atomic mass is 32.2. The summed E-state index contributed by atoms with van der Waals surface area (Å²) in [4.78, 5) is 28.3. The fraction of sp³-hybridized carbons (Fsp3) is 0.219. The molecule has 0 N–H and O–H groups in total. The van der Waals surface area contributed by atoms with Crippen molar-refractivity contribution in [3.8, 4) is 23.0 Å². The van der Waals surface area contributed by atoms with Crippen molar-refractivity contribution in [1.29, 1.82) is 0 Å². The van der Waals surface area contributed by atoms with Gasteiger partial charge in [-0.3, -0.25) is 9.69 Å². The van der Waals surface area contributed by atoms with E-state index in [1.807, 2.05) is 50.2 Å². The van der Waals surface area contributed by atoms with E-state index in [9.17, 15) is 9.59 Å². The molecule has 1 aliphatic heterocycles. The van der Waals surface area contributed by atoms with E-state index in [4.69, 9.17) is 35.6 Å². The molecule has 0 saturated carbocycles. The third kappa shape index (κ3) is 6.00. The topological polar surface area (TPSA) is 87.4 Å². The lowest BCUT2D eigenvalue weighted by Gasteiger charge is -2.15. The van der Waals surface area contributed by atoms with Crippen molar-refractivity contribution in [3.63, 3.8) is 0 Å². The Morgan fingerprint density at radius 2 is 1.76 bits per heavy atom. The van der Waals surface area contributed by atoms with Crippen molar-refractivity contribution in [2.24, 2.45) is 0 Å². The third-order valence-corrected chi connectivity index (χ3v) is 8.12. The number of hydrogen-bond acceptors (Lipinski definition) is 9. The number of fused-ring (bicyclic) bond motifs is 1. The minimum absolute atomic E-state index is 0.138. The highest BCUT2D eigenvalue weighted by Crippen LogP contribution is 2.36. The minimum Gasteiger partial charge on any atom is -0.493 e. The molecule has 42 heavy (non-hydrogen) atoms. The summed E-state index contributed by atoms with van der Waals surface area (Å²) in [6, 6.07) is 18.2. The van der Waals surface area contributed by atoms with Crippen LogP contribution in [-0.2, 0) is 11.2 Å². The fourth-order valence-corrected chi connectivity index (χ4v) is 5.91. The molecule has 0 atom stereocenters. The van der Waals surface area contributed by atoms with Crippen LogP contribution in [0.2, 0.25) is 0 Å². The summed E-state index contributed by atoms with van der Waals surface area (Å²) in [5, 5.41) is 0.853. The molecule has 1 aliphatic rings. The lowest BCUT2D eigenvalue weighted by atomic mass is 10.1. The first-order valence-corrected chi connectivity index (χ1v) is 14.5. The van der Waals surface area contributed by atoms with Crippen LogP contribution in [0.25, 0.3) is 17.0 Å². The Morgan fingerprint density at radius 1 is 1.00 bits per heavy atom. The van der Waals surface area contributed by atoms with E-state index in [1.165, 1.54) is 11.8 Å². The second-order valence-corrected chi connectivity index (χ2v) is 11.0. The molecule has 0 bridgehead atoms. The number of carbonyl (C=O) groups excluding carboxylic acids is 2. The lowest BCUT2D eigenvalue weighted by Crippen LogP contribution is -2.30. The van der Waals surface area contributed by atoms with Crippen LogP contribution >= 0.6 is 24.0 Å². The second-order valence-electron chi connectivity index (χ2n) is 9.35. The Morgan fingerprint density at radius 3 is 2.50 bits per heavy atom. The van der Waals surface area contributed by atoms with Gasteiger partial charge in [0.15, 0.2) is 23.0 Å². The van der Waals surface area contributed by atoms with Crippen LogP contribution in [0, 0.1) is 6.92 Å². The van der Waals surface area contributed by atoms with Gasteiger partial charge in [-0.25, -0.2) is 4.79 Å². The zero-order valence-corrected chi connectivity index (χ0v) is 25.2. The van der Waals surface area contributed by atoms with E-state index in [0.717, 1.165) is 10.9 Å². The van der Waals surface area contributed by atoms with Crippen LogP contribution in [-0.4, -0.2) is 48.5 Å². The zero-order valence-electron chi connectivity index (χ0n) is 23.6. The number of aryl methyl sites for hydroxylation is 1. The smallest absolute Gasteiger partial charge is 0.380 e. The number of furan rings is 1. The quantitative estimate of drug-likeness (QED) is 0.0839. The van der Waals surface area contributed by atoms with Crippen LogP contribution < -0.4 is 18.9 Å². The summed E-state index contributed by atoms with van der Waals surface area (Å²) >= 11 is 6.77. The van der Waals surface area contributed by atoms with Gasteiger partial charge in [0.2, 0.25) is 5.76 Å². The van der Waals surface area contributed by atoms with Gasteiger partial charge in [-0.05, 0) is 67.8 Å². The van der Waals surface area contributed by atoms with Crippen molar-refractivity contribution >= 4 is 57.2 Å². The summed E-state index contributed by atoms with van der Waals surface area (Å²) in [6.07, 6.45) is 2.35. The third-order valence-electron chi connectivity index (χ3n) is 6.74. The summed E-state index contributed by atoms with van der Waals surface area (Å²) in [5.74, 6) is 1.25. The van der Waals surface area contributed by atoms with Crippen LogP contribution in [0.5, 0.6) is 23.0 Å². The number of benzene rings is 3. The molecule has 1 saturated heterocycles. The first-order chi connectivity index (χ1) is 20.3. The zero-order chi connectivity index (χ0) is 29.8. The van der Waals surface area contributed by atoms with Gasteiger partial charge >= 0.3 is 5.97 Å². The average molecular weight is 604 g/mol. The van der Waals surface area contributed by atoms with E-state index in [2.05, 4.69) is 0 Å². The summed E-state index contributed by atoms with van der Waals surface area (Å²) in [5.41, 5.74) is 3.02. The molecule has 0 spiro atoms. The van der Waals surface area contributed by atoms with Gasteiger partial charge < -0.3 is 23.4 Å². The Kier molecular flexibility index (Phi) is 8.84. The summed E-state index contributed by atoms with van der Waals surface area (Å²) in [6.45, 7) is 4.44. The number of rotatable bonds is 10. The highest BCUT2D eigenvalue weighted by Gasteiger charge is 2.32. The van der Waals surface area contributed by atoms with Gasteiger partial charge in [-0.2, -0.15) is 0 Å². The van der Waals surface area contributed by atoms with E-state index < -0.39 is 5.97 Å². The number of thiocarbonyl (C=S) groups is 1. The maximum Gasteiger partial charge on any atom is 0.380 e. The van der Waals surface area contributed by atoms with Crippen molar-refractivity contribution in [2.75, 3.05) is 27.4 Å².